The molecule has 1 fully saturated rings. The summed E-state index contributed by atoms with van der Waals surface area (Å²) in [5.74, 6) is 0.340. The van der Waals surface area contributed by atoms with Gasteiger partial charge in [-0.3, -0.25) is 0 Å². The molecule has 1 aliphatic rings. The fourth-order valence-corrected chi connectivity index (χ4v) is 4.40. The highest BCUT2D eigenvalue weighted by Gasteiger charge is 2.33. The zero-order valence-corrected chi connectivity index (χ0v) is 14.8. The van der Waals surface area contributed by atoms with Gasteiger partial charge in [0.15, 0.2) is 0 Å². The van der Waals surface area contributed by atoms with Crippen LogP contribution >= 0.6 is 11.6 Å². The predicted octanol–water partition coefficient (Wildman–Crippen LogP) is 3.11. The highest BCUT2D eigenvalue weighted by Crippen LogP contribution is 2.30. The second-order valence-corrected chi connectivity index (χ2v) is 7.77. The number of nitrogens with zero attached hydrogens (tertiary/aromatic N) is 1. The highest BCUT2D eigenvalue weighted by molar-refractivity contribution is 7.89. The molecule has 2 aromatic rings. The van der Waals surface area contributed by atoms with Gasteiger partial charge < -0.3 is 9.47 Å². The maximum atomic E-state index is 13.0. The second-order valence-electron chi connectivity index (χ2n) is 5.42. The lowest BCUT2D eigenvalue weighted by molar-refractivity contribution is -0.00258. The molecule has 0 amide bonds. The number of para-hydroxylation sites is 1. The lowest BCUT2D eigenvalue weighted by Crippen LogP contribution is -2.42. The number of morpholine rings is 1. The van der Waals surface area contributed by atoms with Crippen molar-refractivity contribution in [2.75, 3.05) is 26.8 Å². The number of ether oxygens (including phenoxy) is 2. The van der Waals surface area contributed by atoms with E-state index in [0.29, 0.717) is 23.9 Å². The molecule has 1 unspecified atom stereocenters. The number of benzene rings is 2. The van der Waals surface area contributed by atoms with Crippen molar-refractivity contribution in [1.82, 2.24) is 4.31 Å². The van der Waals surface area contributed by atoms with E-state index in [2.05, 4.69) is 0 Å². The molecule has 1 saturated heterocycles. The third-order valence-corrected chi connectivity index (χ3v) is 6.11. The Morgan fingerprint density at radius 1 is 1.17 bits per heavy atom. The molecule has 0 saturated carbocycles. The summed E-state index contributed by atoms with van der Waals surface area (Å²) in [6.07, 6.45) is -0.319. The van der Waals surface area contributed by atoms with Crippen LogP contribution in [0.1, 0.15) is 11.7 Å². The monoisotopic (exact) mass is 367 g/mol. The summed E-state index contributed by atoms with van der Waals surface area (Å²) in [5.41, 5.74) is 0.902. The molecule has 5 nitrogen and oxygen atoms in total. The van der Waals surface area contributed by atoms with Gasteiger partial charge in [0.05, 0.1) is 19.8 Å². The Morgan fingerprint density at radius 2 is 1.88 bits per heavy atom. The van der Waals surface area contributed by atoms with Gasteiger partial charge in [-0.2, -0.15) is 4.31 Å². The lowest BCUT2D eigenvalue weighted by atomic mass is 10.1. The van der Waals surface area contributed by atoms with Crippen molar-refractivity contribution in [3.05, 3.63) is 59.1 Å². The van der Waals surface area contributed by atoms with E-state index in [4.69, 9.17) is 21.1 Å². The zero-order chi connectivity index (χ0) is 17.2. The maximum Gasteiger partial charge on any atom is 0.246 e. The number of hydrogen-bond donors (Lipinski definition) is 0. The van der Waals surface area contributed by atoms with Gasteiger partial charge in [0.2, 0.25) is 10.0 Å². The third-order valence-electron chi connectivity index (χ3n) is 3.96. The fourth-order valence-electron chi connectivity index (χ4n) is 2.69. The van der Waals surface area contributed by atoms with Gasteiger partial charge in [0, 0.05) is 18.1 Å². The fraction of sp³-hybridized carbons (Fsp3) is 0.294. The van der Waals surface area contributed by atoms with Gasteiger partial charge in [-0.1, -0.05) is 35.9 Å². The topological polar surface area (TPSA) is 55.8 Å². The third kappa shape index (κ3) is 3.42. The molecule has 24 heavy (non-hydrogen) atoms. The van der Waals surface area contributed by atoms with Crippen LogP contribution < -0.4 is 4.74 Å². The number of rotatable bonds is 4. The Bertz CT molecular complexity index is 808. The van der Waals surface area contributed by atoms with Crippen LogP contribution in [0.4, 0.5) is 0 Å². The molecule has 1 heterocycles. The molecule has 1 aliphatic heterocycles. The Kier molecular flexibility index (Phi) is 5.10. The van der Waals surface area contributed by atoms with Gasteiger partial charge in [0.25, 0.3) is 0 Å². The summed E-state index contributed by atoms with van der Waals surface area (Å²) in [4.78, 5) is 0.171. The molecule has 128 valence electrons. The zero-order valence-electron chi connectivity index (χ0n) is 13.2. The van der Waals surface area contributed by atoms with E-state index < -0.39 is 10.0 Å². The molecule has 3 rings (SSSR count). The number of methoxy groups -OCH3 is 1. The second kappa shape index (κ2) is 7.11. The highest BCUT2D eigenvalue weighted by atomic mass is 35.5. The van der Waals surface area contributed by atoms with Crippen LogP contribution in [0.25, 0.3) is 0 Å². The maximum absolute atomic E-state index is 13.0. The summed E-state index contributed by atoms with van der Waals surface area (Å²) >= 11 is 5.90. The molecule has 1 atom stereocenters. The van der Waals surface area contributed by atoms with E-state index >= 15 is 0 Å². The Morgan fingerprint density at radius 3 is 2.58 bits per heavy atom. The van der Waals surface area contributed by atoms with Crippen molar-refractivity contribution in [2.24, 2.45) is 0 Å². The predicted molar refractivity (Wildman–Crippen MR) is 91.9 cm³/mol. The first-order chi connectivity index (χ1) is 11.5. The van der Waals surface area contributed by atoms with E-state index in [1.807, 2.05) is 12.1 Å². The van der Waals surface area contributed by atoms with Crippen LogP contribution in [-0.4, -0.2) is 39.5 Å². The van der Waals surface area contributed by atoms with Gasteiger partial charge in [-0.15, -0.1) is 0 Å². The van der Waals surface area contributed by atoms with E-state index in [1.54, 1.807) is 36.4 Å². The van der Waals surface area contributed by atoms with Crippen molar-refractivity contribution in [3.8, 4) is 5.75 Å². The minimum Gasteiger partial charge on any atom is -0.495 e. The molecule has 0 bridgehead atoms. The number of hydrogen-bond acceptors (Lipinski definition) is 4. The van der Waals surface area contributed by atoms with Crippen LogP contribution in [0.2, 0.25) is 5.02 Å². The normalized spacial score (nSPS) is 19.2. The molecular formula is C17H18ClNO4S. The molecule has 2 aromatic carbocycles. The van der Waals surface area contributed by atoms with Crippen LogP contribution in [0.15, 0.2) is 53.4 Å². The molecule has 0 radical (unpaired) electrons. The number of halogens is 1. The molecule has 0 aromatic heterocycles. The van der Waals surface area contributed by atoms with Crippen LogP contribution in [0.5, 0.6) is 5.75 Å². The summed E-state index contributed by atoms with van der Waals surface area (Å²) in [6, 6.07) is 13.9. The van der Waals surface area contributed by atoms with Crippen molar-refractivity contribution in [1.29, 1.82) is 0 Å². The van der Waals surface area contributed by atoms with Crippen LogP contribution in [0, 0.1) is 0 Å². The summed E-state index contributed by atoms with van der Waals surface area (Å²) in [5, 5.41) is 0.632. The van der Waals surface area contributed by atoms with Gasteiger partial charge in [-0.25, -0.2) is 8.42 Å². The smallest absolute Gasteiger partial charge is 0.246 e. The first kappa shape index (κ1) is 17.2. The van der Waals surface area contributed by atoms with Crippen LogP contribution in [0.3, 0.4) is 0 Å². The van der Waals surface area contributed by atoms with E-state index in [9.17, 15) is 8.42 Å². The Labute approximate surface area is 146 Å². The van der Waals surface area contributed by atoms with Gasteiger partial charge >= 0.3 is 0 Å². The minimum atomic E-state index is -3.65. The van der Waals surface area contributed by atoms with Crippen LogP contribution in [-0.2, 0) is 14.8 Å². The Balaban J connectivity index is 1.87. The van der Waals surface area contributed by atoms with Gasteiger partial charge in [0.1, 0.15) is 10.6 Å². The average molecular weight is 368 g/mol. The SMILES string of the molecule is COc1ccccc1S(=O)(=O)N1CCOC(c2ccc(Cl)cc2)C1. The standard InChI is InChI=1S/C17H18ClNO4S/c1-22-15-4-2-3-5-17(15)24(20,21)19-10-11-23-16(12-19)13-6-8-14(18)9-7-13/h2-9,16H,10-12H2,1H3. The van der Waals surface area contributed by atoms with Crippen molar-refractivity contribution < 1.29 is 17.9 Å². The first-order valence-electron chi connectivity index (χ1n) is 7.52. The Hall–Kier alpha value is -1.60. The summed E-state index contributed by atoms with van der Waals surface area (Å²) < 4.78 is 38.3. The molecule has 0 aliphatic carbocycles. The largest absolute Gasteiger partial charge is 0.495 e. The molecule has 7 heteroatoms. The van der Waals surface area contributed by atoms with Crippen molar-refractivity contribution >= 4 is 21.6 Å². The van der Waals surface area contributed by atoms with Crippen molar-refractivity contribution in [3.63, 3.8) is 0 Å². The van der Waals surface area contributed by atoms with Gasteiger partial charge in [-0.05, 0) is 29.8 Å². The van der Waals surface area contributed by atoms with E-state index in [0.717, 1.165) is 5.56 Å². The lowest BCUT2D eigenvalue weighted by Gasteiger charge is -2.32. The summed E-state index contributed by atoms with van der Waals surface area (Å²) in [6.45, 7) is 0.897. The minimum absolute atomic E-state index is 0.171. The quantitative estimate of drug-likeness (QED) is 0.833. The molecule has 0 N–H and O–H groups in total. The average Bonchev–Trinajstić information content (AvgIpc) is 2.62. The van der Waals surface area contributed by atoms with Crippen molar-refractivity contribution in [2.45, 2.75) is 11.0 Å². The molecule has 0 spiro atoms. The van der Waals surface area contributed by atoms with E-state index in [1.165, 1.54) is 11.4 Å². The van der Waals surface area contributed by atoms with E-state index in [-0.39, 0.29) is 17.5 Å². The summed E-state index contributed by atoms with van der Waals surface area (Å²) in [7, 11) is -2.19. The first-order valence-corrected chi connectivity index (χ1v) is 9.34. The number of sulfonamides is 1. The molecular weight excluding hydrogens is 350 g/mol.